The number of amides is 1. The van der Waals surface area contributed by atoms with Crippen molar-refractivity contribution in [3.63, 3.8) is 0 Å². The van der Waals surface area contributed by atoms with Gasteiger partial charge in [-0.1, -0.05) is 0 Å². The number of aromatic nitrogens is 2. The van der Waals surface area contributed by atoms with Gasteiger partial charge in [-0.15, -0.1) is 0 Å². The number of nitrogens with zero attached hydrogens (tertiary/aromatic N) is 3. The van der Waals surface area contributed by atoms with E-state index in [2.05, 4.69) is 15.3 Å². The number of aromatic amines is 1. The predicted molar refractivity (Wildman–Crippen MR) is 73.2 cm³/mol. The Hall–Kier alpha value is -2.36. The molecule has 1 aliphatic rings. The third kappa shape index (κ3) is 3.57. The number of piperidine rings is 1. The molecule has 2 heterocycles. The molecule has 1 amide bonds. The summed E-state index contributed by atoms with van der Waals surface area (Å²) >= 11 is 0. The Bertz CT molecular complexity index is 581. The first-order valence-electron chi connectivity index (χ1n) is 6.57. The van der Waals surface area contributed by atoms with Gasteiger partial charge in [0, 0.05) is 30.9 Å². The fourth-order valence-electron chi connectivity index (χ4n) is 2.30. The highest BCUT2D eigenvalue weighted by Crippen LogP contribution is 2.15. The van der Waals surface area contributed by atoms with Crippen molar-refractivity contribution in [1.29, 1.82) is 5.26 Å². The first-order valence-corrected chi connectivity index (χ1v) is 6.57. The van der Waals surface area contributed by atoms with Gasteiger partial charge in [-0.25, -0.2) is 4.98 Å². The molecule has 106 valence electrons. The highest BCUT2D eigenvalue weighted by molar-refractivity contribution is 5.78. The highest BCUT2D eigenvalue weighted by Gasteiger charge is 2.22. The second-order valence-electron chi connectivity index (χ2n) is 4.87. The van der Waals surface area contributed by atoms with Crippen LogP contribution in [0.1, 0.15) is 25.0 Å². The molecule has 0 saturated carbocycles. The maximum atomic E-state index is 11.4. The van der Waals surface area contributed by atoms with Crippen LogP contribution in [-0.4, -0.2) is 35.0 Å². The zero-order valence-electron chi connectivity index (χ0n) is 11.3. The Morgan fingerprint density at radius 1 is 1.60 bits per heavy atom. The maximum absolute atomic E-state index is 11.4. The Morgan fingerprint density at radius 2 is 2.30 bits per heavy atom. The van der Waals surface area contributed by atoms with Crippen LogP contribution in [0.3, 0.4) is 0 Å². The number of aryl methyl sites for hydroxylation is 1. The molecule has 0 bridgehead atoms. The number of carbonyl (C=O) groups is 1. The second-order valence-corrected chi connectivity index (χ2v) is 4.87. The van der Waals surface area contributed by atoms with E-state index in [0.717, 1.165) is 12.8 Å². The smallest absolute Gasteiger partial charge is 0.252 e. The van der Waals surface area contributed by atoms with Crippen molar-refractivity contribution in [2.45, 2.75) is 32.2 Å². The highest BCUT2D eigenvalue weighted by atomic mass is 16.1. The van der Waals surface area contributed by atoms with Crippen LogP contribution in [0.15, 0.2) is 10.9 Å². The normalized spacial score (nSPS) is 15.7. The van der Waals surface area contributed by atoms with Crippen LogP contribution in [0.25, 0.3) is 0 Å². The molecule has 0 spiro atoms. The molecule has 1 aromatic rings. The number of anilines is 1. The SMILES string of the molecule is Cc1cc(=O)[nH]c(N2CCC(NC(=O)CC#N)CC2)n1. The summed E-state index contributed by atoms with van der Waals surface area (Å²) in [4.78, 5) is 31.8. The van der Waals surface area contributed by atoms with E-state index in [1.54, 1.807) is 6.92 Å². The zero-order valence-corrected chi connectivity index (χ0v) is 11.3. The maximum Gasteiger partial charge on any atom is 0.252 e. The number of H-pyrrole nitrogens is 1. The van der Waals surface area contributed by atoms with Gasteiger partial charge in [0.15, 0.2) is 0 Å². The van der Waals surface area contributed by atoms with Crippen molar-refractivity contribution in [3.05, 3.63) is 22.1 Å². The van der Waals surface area contributed by atoms with E-state index in [4.69, 9.17) is 5.26 Å². The first kappa shape index (κ1) is 14.1. The summed E-state index contributed by atoms with van der Waals surface area (Å²) in [6, 6.07) is 3.38. The van der Waals surface area contributed by atoms with E-state index >= 15 is 0 Å². The number of hydrogen-bond donors (Lipinski definition) is 2. The minimum atomic E-state index is -0.229. The number of carbonyl (C=O) groups excluding carboxylic acids is 1. The van der Waals surface area contributed by atoms with Gasteiger partial charge in [-0.3, -0.25) is 14.6 Å². The van der Waals surface area contributed by atoms with Crippen molar-refractivity contribution >= 4 is 11.9 Å². The van der Waals surface area contributed by atoms with Gasteiger partial charge < -0.3 is 10.2 Å². The molecule has 1 fully saturated rings. The van der Waals surface area contributed by atoms with E-state index in [0.29, 0.717) is 24.7 Å². The van der Waals surface area contributed by atoms with Gasteiger partial charge in [0.05, 0.1) is 6.07 Å². The van der Waals surface area contributed by atoms with Crippen LogP contribution < -0.4 is 15.8 Å². The Kier molecular flexibility index (Phi) is 4.35. The molecule has 0 unspecified atom stereocenters. The van der Waals surface area contributed by atoms with E-state index in [-0.39, 0.29) is 23.9 Å². The van der Waals surface area contributed by atoms with Crippen LogP contribution in [0.5, 0.6) is 0 Å². The number of hydrogen-bond acceptors (Lipinski definition) is 5. The molecule has 0 radical (unpaired) electrons. The summed E-state index contributed by atoms with van der Waals surface area (Å²) in [5.41, 5.74) is 0.533. The summed E-state index contributed by atoms with van der Waals surface area (Å²) in [5, 5.41) is 11.3. The second kappa shape index (κ2) is 6.19. The standard InChI is InChI=1S/C13H17N5O2/c1-9-8-12(20)17-13(15-9)18-6-3-10(4-7-18)16-11(19)2-5-14/h8,10H,2-4,6-7H2,1H3,(H,16,19)(H,15,17,20). The van der Waals surface area contributed by atoms with Crippen molar-refractivity contribution in [1.82, 2.24) is 15.3 Å². The minimum absolute atomic E-state index is 0.0867. The molecule has 1 aliphatic heterocycles. The van der Waals surface area contributed by atoms with Gasteiger partial charge in [0.1, 0.15) is 6.42 Å². The molecular weight excluding hydrogens is 258 g/mol. The van der Waals surface area contributed by atoms with Crippen LogP contribution >= 0.6 is 0 Å². The lowest BCUT2D eigenvalue weighted by molar-refractivity contribution is -0.120. The van der Waals surface area contributed by atoms with Crippen LogP contribution in [0, 0.1) is 18.3 Å². The molecule has 7 heteroatoms. The van der Waals surface area contributed by atoms with Gasteiger partial charge in [-0.2, -0.15) is 5.26 Å². The Morgan fingerprint density at radius 3 is 2.90 bits per heavy atom. The first-order chi connectivity index (χ1) is 9.58. The summed E-state index contributed by atoms with van der Waals surface area (Å²) < 4.78 is 0. The number of nitrogens with one attached hydrogen (secondary N) is 2. The fourth-order valence-corrected chi connectivity index (χ4v) is 2.30. The lowest BCUT2D eigenvalue weighted by Gasteiger charge is -2.32. The molecule has 2 rings (SSSR count). The van der Waals surface area contributed by atoms with Crippen molar-refractivity contribution < 1.29 is 4.79 Å². The lowest BCUT2D eigenvalue weighted by Crippen LogP contribution is -2.45. The van der Waals surface area contributed by atoms with Gasteiger partial charge >= 0.3 is 0 Å². The molecule has 0 aliphatic carbocycles. The molecule has 7 nitrogen and oxygen atoms in total. The molecular formula is C13H17N5O2. The monoisotopic (exact) mass is 275 g/mol. The molecule has 20 heavy (non-hydrogen) atoms. The van der Waals surface area contributed by atoms with E-state index in [1.807, 2.05) is 11.0 Å². The van der Waals surface area contributed by atoms with Crippen LogP contribution in [0.4, 0.5) is 5.95 Å². The fraction of sp³-hybridized carbons (Fsp3) is 0.538. The summed E-state index contributed by atoms with van der Waals surface area (Å²) in [5.74, 6) is 0.352. The van der Waals surface area contributed by atoms with Gasteiger partial charge in [-0.05, 0) is 19.8 Å². The summed E-state index contributed by atoms with van der Waals surface area (Å²) in [6.07, 6.45) is 1.44. The topological polar surface area (TPSA) is 102 Å². The van der Waals surface area contributed by atoms with E-state index in [9.17, 15) is 9.59 Å². The number of nitriles is 1. The molecule has 2 N–H and O–H groups in total. The molecule has 0 atom stereocenters. The van der Waals surface area contributed by atoms with Gasteiger partial charge in [0.25, 0.3) is 5.56 Å². The minimum Gasteiger partial charge on any atom is -0.352 e. The van der Waals surface area contributed by atoms with Crippen LogP contribution in [-0.2, 0) is 4.79 Å². The summed E-state index contributed by atoms with van der Waals surface area (Å²) in [6.45, 7) is 3.21. The van der Waals surface area contributed by atoms with Gasteiger partial charge in [0.2, 0.25) is 11.9 Å². The third-order valence-electron chi connectivity index (χ3n) is 3.26. The largest absolute Gasteiger partial charge is 0.352 e. The van der Waals surface area contributed by atoms with Crippen molar-refractivity contribution in [3.8, 4) is 6.07 Å². The Balaban J connectivity index is 1.92. The number of rotatable bonds is 3. The predicted octanol–water partition coefficient (Wildman–Crippen LogP) is 0.0770. The quantitative estimate of drug-likeness (QED) is 0.813. The van der Waals surface area contributed by atoms with Crippen LogP contribution in [0.2, 0.25) is 0 Å². The summed E-state index contributed by atoms with van der Waals surface area (Å²) in [7, 11) is 0. The van der Waals surface area contributed by atoms with E-state index < -0.39 is 0 Å². The zero-order chi connectivity index (χ0) is 14.5. The molecule has 1 saturated heterocycles. The molecule has 0 aromatic carbocycles. The van der Waals surface area contributed by atoms with E-state index in [1.165, 1.54) is 6.07 Å². The average Bonchev–Trinajstić information content (AvgIpc) is 2.38. The third-order valence-corrected chi connectivity index (χ3v) is 3.26. The molecule has 1 aromatic heterocycles. The lowest BCUT2D eigenvalue weighted by atomic mass is 10.1. The Labute approximate surface area is 116 Å². The van der Waals surface area contributed by atoms with Crippen molar-refractivity contribution in [2.75, 3.05) is 18.0 Å². The average molecular weight is 275 g/mol. The van der Waals surface area contributed by atoms with Crippen molar-refractivity contribution in [2.24, 2.45) is 0 Å².